The molecule has 0 spiro atoms. The van der Waals surface area contributed by atoms with Gasteiger partial charge in [-0.1, -0.05) is 61.4 Å². The van der Waals surface area contributed by atoms with Gasteiger partial charge in [0.25, 0.3) is 0 Å². The van der Waals surface area contributed by atoms with Crippen LogP contribution in [0.25, 0.3) is 11.1 Å². The number of rotatable bonds is 6. The van der Waals surface area contributed by atoms with Crippen molar-refractivity contribution in [3.05, 3.63) is 59.7 Å². The quantitative estimate of drug-likeness (QED) is 0.476. The van der Waals surface area contributed by atoms with Gasteiger partial charge >= 0.3 is 11.9 Å². The van der Waals surface area contributed by atoms with Crippen LogP contribution in [0.3, 0.4) is 0 Å². The van der Waals surface area contributed by atoms with Crippen molar-refractivity contribution in [3.8, 4) is 23.0 Å². The molecule has 0 saturated heterocycles. The fourth-order valence-electron chi connectivity index (χ4n) is 3.45. The molecular weight excluding hydrogens is 354 g/mol. The zero-order valence-electron chi connectivity index (χ0n) is 16.0. The summed E-state index contributed by atoms with van der Waals surface area (Å²) in [5, 5.41) is 3.18. The molecule has 0 fully saturated rings. The Morgan fingerprint density at radius 1 is 1.07 bits per heavy atom. The minimum atomic E-state index is -0.611. The molecule has 5 heteroatoms. The van der Waals surface area contributed by atoms with Crippen molar-refractivity contribution in [2.75, 3.05) is 20.3 Å². The van der Waals surface area contributed by atoms with Crippen molar-refractivity contribution < 1.29 is 19.1 Å². The Bertz CT molecular complexity index is 880. The molecule has 1 atom stereocenters. The predicted octanol–water partition coefficient (Wildman–Crippen LogP) is 2.89. The summed E-state index contributed by atoms with van der Waals surface area (Å²) in [6.45, 7) is 2.34. The standard InChI is InChI=1S/C23H23NO4/c1-3-14-28-22(26)15-24-20(12-13-21(25)27-2)23-18-10-6-4-8-16(18)17-9-5-7-11-19(17)23/h4-11,20,23-24H,3,14-15H2,1-2H3. The van der Waals surface area contributed by atoms with Gasteiger partial charge in [0.15, 0.2) is 0 Å². The van der Waals surface area contributed by atoms with Gasteiger partial charge in [-0.25, -0.2) is 4.79 Å². The topological polar surface area (TPSA) is 64.6 Å². The molecule has 0 bridgehead atoms. The van der Waals surface area contributed by atoms with Gasteiger partial charge in [-0.05, 0) is 28.7 Å². The maximum absolute atomic E-state index is 12.0. The van der Waals surface area contributed by atoms with Crippen molar-refractivity contribution >= 4 is 11.9 Å². The number of carbonyl (C=O) groups excluding carboxylic acids is 2. The van der Waals surface area contributed by atoms with E-state index in [0.717, 1.165) is 28.7 Å². The molecule has 144 valence electrons. The van der Waals surface area contributed by atoms with Crippen LogP contribution in [0.1, 0.15) is 30.4 Å². The first kappa shape index (κ1) is 19.7. The van der Waals surface area contributed by atoms with E-state index in [1.807, 2.05) is 31.2 Å². The lowest BCUT2D eigenvalue weighted by Crippen LogP contribution is -2.38. The van der Waals surface area contributed by atoms with Crippen LogP contribution in [0.15, 0.2) is 48.5 Å². The molecule has 5 nitrogen and oxygen atoms in total. The van der Waals surface area contributed by atoms with Gasteiger partial charge in [0.1, 0.15) is 0 Å². The zero-order chi connectivity index (χ0) is 19.9. The number of carbonyl (C=O) groups is 2. The minimum Gasteiger partial charge on any atom is -0.465 e. The molecule has 28 heavy (non-hydrogen) atoms. The van der Waals surface area contributed by atoms with Crippen molar-refractivity contribution in [2.24, 2.45) is 0 Å². The van der Waals surface area contributed by atoms with Gasteiger partial charge in [0.2, 0.25) is 0 Å². The van der Waals surface area contributed by atoms with Gasteiger partial charge in [-0.15, -0.1) is 0 Å². The molecule has 0 heterocycles. The second kappa shape index (κ2) is 9.20. The number of benzene rings is 2. The van der Waals surface area contributed by atoms with E-state index in [4.69, 9.17) is 4.74 Å². The van der Waals surface area contributed by atoms with Crippen LogP contribution >= 0.6 is 0 Å². The third-order valence-electron chi connectivity index (χ3n) is 4.66. The molecule has 0 radical (unpaired) electrons. The summed E-state index contributed by atoms with van der Waals surface area (Å²) in [6, 6.07) is 15.8. The van der Waals surface area contributed by atoms with Crippen LogP contribution in [0.5, 0.6) is 0 Å². The molecule has 2 aromatic rings. The van der Waals surface area contributed by atoms with Crippen LogP contribution in [-0.4, -0.2) is 38.2 Å². The Hall–Kier alpha value is -3.10. The number of nitrogens with one attached hydrogen (secondary N) is 1. The highest BCUT2D eigenvalue weighted by atomic mass is 16.5. The van der Waals surface area contributed by atoms with Gasteiger partial charge in [-0.3, -0.25) is 10.1 Å². The maximum atomic E-state index is 12.0. The molecule has 0 amide bonds. The summed E-state index contributed by atoms with van der Waals surface area (Å²) in [5.41, 5.74) is 4.51. The van der Waals surface area contributed by atoms with Crippen LogP contribution in [0, 0.1) is 11.8 Å². The summed E-state index contributed by atoms with van der Waals surface area (Å²) < 4.78 is 9.80. The van der Waals surface area contributed by atoms with Gasteiger partial charge < -0.3 is 9.47 Å². The average Bonchev–Trinajstić information content (AvgIpc) is 3.06. The van der Waals surface area contributed by atoms with Crippen molar-refractivity contribution in [1.29, 1.82) is 0 Å². The number of fused-ring (bicyclic) bond motifs is 3. The average molecular weight is 377 g/mol. The van der Waals surface area contributed by atoms with Gasteiger partial charge in [-0.2, -0.15) is 0 Å². The van der Waals surface area contributed by atoms with Gasteiger partial charge in [0.05, 0.1) is 26.3 Å². The molecule has 3 rings (SSSR count). The highest BCUT2D eigenvalue weighted by Gasteiger charge is 2.33. The SMILES string of the molecule is CCCOC(=O)CNC(C#CC(=O)OC)C1c2ccccc2-c2ccccc21. The first-order valence-corrected chi connectivity index (χ1v) is 9.32. The van der Waals surface area contributed by atoms with E-state index in [1.165, 1.54) is 7.11 Å². The number of ether oxygens (including phenoxy) is 2. The third-order valence-corrected chi connectivity index (χ3v) is 4.66. The first-order chi connectivity index (χ1) is 13.7. The first-order valence-electron chi connectivity index (χ1n) is 9.32. The van der Waals surface area contributed by atoms with E-state index >= 15 is 0 Å². The van der Waals surface area contributed by atoms with E-state index in [1.54, 1.807) is 0 Å². The van der Waals surface area contributed by atoms with E-state index in [-0.39, 0.29) is 18.4 Å². The number of esters is 2. The number of hydrogen-bond donors (Lipinski definition) is 1. The summed E-state index contributed by atoms with van der Waals surface area (Å²) >= 11 is 0. The Labute approximate surface area is 165 Å². The molecule has 0 saturated carbocycles. The fourth-order valence-corrected chi connectivity index (χ4v) is 3.45. The summed E-state index contributed by atoms with van der Waals surface area (Å²) in [7, 11) is 1.29. The van der Waals surface area contributed by atoms with Crippen LogP contribution in [0.2, 0.25) is 0 Å². The number of hydrogen-bond acceptors (Lipinski definition) is 5. The molecule has 0 aromatic heterocycles. The van der Waals surface area contributed by atoms with E-state index < -0.39 is 12.0 Å². The van der Waals surface area contributed by atoms with Crippen molar-refractivity contribution in [3.63, 3.8) is 0 Å². The van der Waals surface area contributed by atoms with Crippen LogP contribution < -0.4 is 5.32 Å². The van der Waals surface area contributed by atoms with Crippen LogP contribution in [0.4, 0.5) is 0 Å². The lowest BCUT2D eigenvalue weighted by atomic mass is 9.89. The van der Waals surface area contributed by atoms with E-state index in [9.17, 15) is 9.59 Å². The molecule has 0 aliphatic heterocycles. The highest BCUT2D eigenvalue weighted by molar-refractivity contribution is 5.88. The van der Waals surface area contributed by atoms with Crippen molar-refractivity contribution in [1.82, 2.24) is 5.32 Å². The Morgan fingerprint density at radius 3 is 2.25 bits per heavy atom. The molecular formula is C23H23NO4. The Kier molecular flexibility index (Phi) is 6.46. The zero-order valence-corrected chi connectivity index (χ0v) is 16.0. The Balaban J connectivity index is 1.94. The fraction of sp³-hybridized carbons (Fsp3) is 0.304. The lowest BCUT2D eigenvalue weighted by Gasteiger charge is -2.22. The molecule has 1 aliphatic carbocycles. The molecule has 1 aliphatic rings. The van der Waals surface area contributed by atoms with E-state index in [2.05, 4.69) is 46.2 Å². The molecule has 1 unspecified atom stereocenters. The molecule has 2 aromatic carbocycles. The van der Waals surface area contributed by atoms with Crippen LogP contribution in [-0.2, 0) is 19.1 Å². The van der Waals surface area contributed by atoms with E-state index in [0.29, 0.717) is 6.61 Å². The van der Waals surface area contributed by atoms with Crippen molar-refractivity contribution in [2.45, 2.75) is 25.3 Å². The third kappa shape index (κ3) is 4.24. The largest absolute Gasteiger partial charge is 0.465 e. The summed E-state index contributed by atoms with van der Waals surface area (Å²) in [4.78, 5) is 23.6. The number of methoxy groups -OCH3 is 1. The smallest absolute Gasteiger partial charge is 0.384 e. The second-order valence-corrected chi connectivity index (χ2v) is 6.49. The minimum absolute atomic E-state index is 0.0152. The van der Waals surface area contributed by atoms with Gasteiger partial charge in [0, 0.05) is 11.8 Å². The summed E-state index contributed by atoms with van der Waals surface area (Å²) in [5.74, 6) is 4.41. The summed E-state index contributed by atoms with van der Waals surface area (Å²) in [6.07, 6.45) is 0.765. The normalized spacial score (nSPS) is 12.9. The molecule has 1 N–H and O–H groups in total. The monoisotopic (exact) mass is 377 g/mol. The predicted molar refractivity (Wildman–Crippen MR) is 107 cm³/mol. The lowest BCUT2D eigenvalue weighted by molar-refractivity contribution is -0.142. The maximum Gasteiger partial charge on any atom is 0.384 e. The Morgan fingerprint density at radius 2 is 1.68 bits per heavy atom. The second-order valence-electron chi connectivity index (χ2n) is 6.49. The highest BCUT2D eigenvalue weighted by Crippen LogP contribution is 2.45.